The molecule has 32 heavy (non-hydrogen) atoms. The molecule has 0 amide bonds. The van der Waals surface area contributed by atoms with Crippen molar-refractivity contribution in [2.45, 2.75) is 51.4 Å². The summed E-state index contributed by atoms with van der Waals surface area (Å²) in [6.45, 7) is 9.42. The van der Waals surface area contributed by atoms with Crippen LogP contribution < -0.4 is 0 Å². The number of aryl methyl sites for hydroxylation is 1. The van der Waals surface area contributed by atoms with Crippen LogP contribution in [0.4, 0.5) is 0 Å². The highest BCUT2D eigenvalue weighted by Gasteiger charge is 2.41. The van der Waals surface area contributed by atoms with Gasteiger partial charge < -0.3 is 9.47 Å². The van der Waals surface area contributed by atoms with E-state index in [1.54, 1.807) is 12.1 Å². The molecule has 1 aliphatic rings. The minimum atomic E-state index is -0.578. The standard InChI is InChI=1S/C25H26Cl2O4S/c1-14-9-15(7-8-19(14)22(28)31-24(2,3)4)20-13-25(5,32-21(20)23(29)30-6)16-10-17(26)12-18(27)11-16/h7-12H,13H2,1-6H3. The SMILES string of the molecule is COC(=O)C1=C(c2ccc(C(=O)OC(C)(C)C)c(C)c2)CC(C)(c2cc(Cl)cc(Cl)c2)S1. The highest BCUT2D eigenvalue weighted by Crippen LogP contribution is 2.56. The van der Waals surface area contributed by atoms with Crippen molar-refractivity contribution in [1.29, 1.82) is 0 Å². The molecule has 1 heterocycles. The van der Waals surface area contributed by atoms with E-state index in [2.05, 4.69) is 6.92 Å². The number of esters is 2. The lowest BCUT2D eigenvalue weighted by atomic mass is 9.88. The van der Waals surface area contributed by atoms with Gasteiger partial charge in [-0.2, -0.15) is 0 Å². The second kappa shape index (κ2) is 9.12. The van der Waals surface area contributed by atoms with Crippen LogP contribution in [0.2, 0.25) is 10.0 Å². The first-order valence-electron chi connectivity index (χ1n) is 10.1. The number of allylic oxidation sites excluding steroid dienone is 1. The number of carbonyl (C=O) groups excluding carboxylic acids is 2. The zero-order chi connectivity index (χ0) is 23.8. The summed E-state index contributed by atoms with van der Waals surface area (Å²) in [5, 5.41) is 1.08. The summed E-state index contributed by atoms with van der Waals surface area (Å²) in [5.74, 6) is -0.765. The zero-order valence-corrected chi connectivity index (χ0v) is 21.3. The first-order chi connectivity index (χ1) is 14.8. The van der Waals surface area contributed by atoms with E-state index in [9.17, 15) is 9.59 Å². The van der Waals surface area contributed by atoms with Crippen molar-refractivity contribution in [3.63, 3.8) is 0 Å². The minimum Gasteiger partial charge on any atom is -0.465 e. The van der Waals surface area contributed by atoms with E-state index in [1.807, 2.05) is 52.0 Å². The molecule has 0 radical (unpaired) electrons. The number of carbonyl (C=O) groups is 2. The average Bonchev–Trinajstić information content (AvgIpc) is 3.04. The summed E-state index contributed by atoms with van der Waals surface area (Å²) in [7, 11) is 1.37. The van der Waals surface area contributed by atoms with Crippen LogP contribution in [0.1, 0.15) is 61.2 Å². The maximum absolute atomic E-state index is 12.6. The lowest BCUT2D eigenvalue weighted by molar-refractivity contribution is -0.135. The number of halogens is 2. The van der Waals surface area contributed by atoms with Gasteiger partial charge in [0, 0.05) is 14.8 Å². The highest BCUT2D eigenvalue weighted by atomic mass is 35.5. The second-order valence-electron chi connectivity index (χ2n) is 9.00. The molecule has 0 saturated carbocycles. The summed E-state index contributed by atoms with van der Waals surface area (Å²) in [6, 6.07) is 10.9. The average molecular weight is 493 g/mol. The first-order valence-corrected chi connectivity index (χ1v) is 11.7. The fourth-order valence-electron chi connectivity index (χ4n) is 3.66. The molecule has 0 saturated heterocycles. The number of thioether (sulfide) groups is 1. The van der Waals surface area contributed by atoms with Crippen molar-refractivity contribution < 1.29 is 19.1 Å². The number of ether oxygens (including phenoxy) is 2. The van der Waals surface area contributed by atoms with Crippen molar-refractivity contribution in [1.82, 2.24) is 0 Å². The molecule has 2 aromatic carbocycles. The molecule has 1 atom stereocenters. The third-order valence-electron chi connectivity index (χ3n) is 5.15. The molecule has 0 spiro atoms. The fraction of sp³-hybridized carbons (Fsp3) is 0.360. The van der Waals surface area contributed by atoms with Crippen molar-refractivity contribution in [2.75, 3.05) is 7.11 Å². The van der Waals surface area contributed by atoms with Gasteiger partial charge in [0.25, 0.3) is 0 Å². The van der Waals surface area contributed by atoms with Crippen LogP contribution in [0.25, 0.3) is 5.57 Å². The number of hydrogen-bond donors (Lipinski definition) is 0. The Hall–Kier alpha value is -1.95. The highest BCUT2D eigenvalue weighted by molar-refractivity contribution is 8.05. The Labute approximate surface area is 203 Å². The van der Waals surface area contributed by atoms with E-state index in [4.69, 9.17) is 32.7 Å². The summed E-state index contributed by atoms with van der Waals surface area (Å²) in [4.78, 5) is 25.7. The first kappa shape index (κ1) is 24.7. The van der Waals surface area contributed by atoms with Gasteiger partial charge in [0.1, 0.15) is 5.60 Å². The van der Waals surface area contributed by atoms with Crippen LogP contribution in [-0.2, 0) is 19.0 Å². The molecular weight excluding hydrogens is 467 g/mol. The summed E-state index contributed by atoms with van der Waals surface area (Å²) < 4.78 is 10.1. The van der Waals surface area contributed by atoms with Crippen molar-refractivity contribution in [3.05, 3.63) is 73.6 Å². The molecule has 7 heteroatoms. The van der Waals surface area contributed by atoms with Crippen molar-refractivity contribution in [3.8, 4) is 0 Å². The molecule has 4 nitrogen and oxygen atoms in total. The molecule has 170 valence electrons. The molecule has 1 aliphatic heterocycles. The second-order valence-corrected chi connectivity index (χ2v) is 11.4. The van der Waals surface area contributed by atoms with Crippen LogP contribution in [0.3, 0.4) is 0 Å². The van der Waals surface area contributed by atoms with Crippen LogP contribution in [0, 0.1) is 6.92 Å². The molecule has 3 rings (SSSR count). The molecule has 2 aromatic rings. The Kier molecular flexibility index (Phi) is 7.04. The Morgan fingerprint density at radius 2 is 1.66 bits per heavy atom. The molecule has 1 unspecified atom stereocenters. The quantitative estimate of drug-likeness (QED) is 0.422. The third-order valence-corrected chi connectivity index (χ3v) is 7.04. The number of benzene rings is 2. The van der Waals surface area contributed by atoms with Gasteiger partial charge in [-0.25, -0.2) is 9.59 Å². The molecule has 0 aromatic heterocycles. The number of methoxy groups -OCH3 is 1. The lowest BCUT2D eigenvalue weighted by Gasteiger charge is -2.25. The van der Waals surface area contributed by atoms with E-state index in [0.717, 1.165) is 22.3 Å². The van der Waals surface area contributed by atoms with E-state index in [1.165, 1.54) is 18.9 Å². The minimum absolute atomic E-state index is 0.372. The number of hydrogen-bond acceptors (Lipinski definition) is 5. The monoisotopic (exact) mass is 492 g/mol. The van der Waals surface area contributed by atoms with Crippen molar-refractivity contribution in [2.24, 2.45) is 0 Å². The normalized spacial score (nSPS) is 18.6. The lowest BCUT2D eigenvalue weighted by Crippen LogP contribution is -2.24. The van der Waals surface area contributed by atoms with E-state index in [-0.39, 0.29) is 5.97 Å². The molecule has 0 aliphatic carbocycles. The van der Waals surface area contributed by atoms with E-state index < -0.39 is 16.3 Å². The van der Waals surface area contributed by atoms with Gasteiger partial charge in [0.15, 0.2) is 0 Å². The largest absolute Gasteiger partial charge is 0.465 e. The van der Waals surface area contributed by atoms with Gasteiger partial charge in [-0.05, 0) is 87.6 Å². The Balaban J connectivity index is 2.01. The smallest absolute Gasteiger partial charge is 0.344 e. The summed E-state index contributed by atoms with van der Waals surface area (Å²) in [5.41, 5.74) is 3.35. The summed E-state index contributed by atoms with van der Waals surface area (Å²) >= 11 is 13.9. The van der Waals surface area contributed by atoms with Crippen molar-refractivity contribution >= 4 is 52.5 Å². The van der Waals surface area contributed by atoms with Gasteiger partial charge >= 0.3 is 11.9 Å². The van der Waals surface area contributed by atoms with Gasteiger partial charge in [0.05, 0.1) is 17.6 Å². The number of rotatable bonds is 4. The molecule has 0 N–H and O–H groups in total. The Morgan fingerprint density at radius 1 is 1.03 bits per heavy atom. The van der Waals surface area contributed by atoms with Gasteiger partial charge in [0.2, 0.25) is 0 Å². The predicted octanol–water partition coefficient (Wildman–Crippen LogP) is 7.19. The third kappa shape index (κ3) is 5.33. The van der Waals surface area contributed by atoms with Crippen LogP contribution in [0.5, 0.6) is 0 Å². The van der Waals surface area contributed by atoms with Gasteiger partial charge in [-0.15, -0.1) is 11.8 Å². The zero-order valence-electron chi connectivity index (χ0n) is 19.0. The maximum Gasteiger partial charge on any atom is 0.344 e. The summed E-state index contributed by atoms with van der Waals surface area (Å²) in [6.07, 6.45) is 0.573. The van der Waals surface area contributed by atoms with Crippen LogP contribution >= 0.6 is 35.0 Å². The topological polar surface area (TPSA) is 52.6 Å². The van der Waals surface area contributed by atoms with Gasteiger partial charge in [-0.3, -0.25) is 0 Å². The molecule has 0 bridgehead atoms. The predicted molar refractivity (Wildman–Crippen MR) is 131 cm³/mol. The Morgan fingerprint density at radius 3 is 2.19 bits per heavy atom. The molecular formula is C25H26Cl2O4S. The van der Waals surface area contributed by atoms with Crippen LogP contribution in [0.15, 0.2) is 41.3 Å². The Bertz CT molecular complexity index is 1100. The molecule has 0 fully saturated rings. The van der Waals surface area contributed by atoms with Gasteiger partial charge in [-0.1, -0.05) is 35.3 Å². The van der Waals surface area contributed by atoms with Crippen LogP contribution in [-0.4, -0.2) is 24.6 Å². The maximum atomic E-state index is 12.6. The fourth-order valence-corrected chi connectivity index (χ4v) is 5.57. The van der Waals surface area contributed by atoms with E-state index >= 15 is 0 Å². The van der Waals surface area contributed by atoms with E-state index in [0.29, 0.717) is 26.9 Å².